The van der Waals surface area contributed by atoms with Crippen molar-refractivity contribution in [2.75, 3.05) is 13.2 Å². The summed E-state index contributed by atoms with van der Waals surface area (Å²) >= 11 is 0. The second kappa shape index (κ2) is 5.13. The lowest BCUT2D eigenvalue weighted by molar-refractivity contribution is -0.386. The van der Waals surface area contributed by atoms with Gasteiger partial charge in [0.05, 0.1) is 16.6 Å². The van der Waals surface area contributed by atoms with E-state index in [1.54, 1.807) is 6.92 Å². The van der Waals surface area contributed by atoms with Crippen molar-refractivity contribution in [3.8, 4) is 11.5 Å². The first-order valence-corrected chi connectivity index (χ1v) is 5.74. The van der Waals surface area contributed by atoms with Crippen molar-refractivity contribution < 1.29 is 23.9 Å². The number of fused-ring (bicyclic) bond motifs is 1. The number of carbonyl (C=O) groups excluding carboxylic acids is 1. The van der Waals surface area contributed by atoms with Crippen LogP contribution in [0.4, 0.5) is 5.69 Å². The SMILES string of the molecule is CC(=O)O[C@H](C)c1cc2c(cc1[N+](=O)[O-])OCCO2. The molecular weight excluding hydrogens is 254 g/mol. The summed E-state index contributed by atoms with van der Waals surface area (Å²) in [5.41, 5.74) is 0.127. The van der Waals surface area contributed by atoms with Crippen LogP contribution in [0.2, 0.25) is 0 Å². The first-order chi connectivity index (χ1) is 8.99. The van der Waals surface area contributed by atoms with Gasteiger partial charge in [-0.1, -0.05) is 0 Å². The Bertz CT molecular complexity index is 527. The summed E-state index contributed by atoms with van der Waals surface area (Å²) in [5, 5.41) is 11.1. The molecule has 0 amide bonds. The Kier molecular flexibility index (Phi) is 3.55. The Morgan fingerprint density at radius 3 is 2.47 bits per heavy atom. The van der Waals surface area contributed by atoms with E-state index in [-0.39, 0.29) is 11.3 Å². The fourth-order valence-electron chi connectivity index (χ4n) is 1.89. The summed E-state index contributed by atoms with van der Waals surface area (Å²) in [6.45, 7) is 3.55. The number of benzene rings is 1. The van der Waals surface area contributed by atoms with Gasteiger partial charge in [-0.05, 0) is 13.0 Å². The van der Waals surface area contributed by atoms with Gasteiger partial charge in [0.15, 0.2) is 11.5 Å². The van der Waals surface area contributed by atoms with E-state index < -0.39 is 17.0 Å². The predicted molar refractivity (Wildman–Crippen MR) is 64.3 cm³/mol. The summed E-state index contributed by atoms with van der Waals surface area (Å²) in [5.74, 6) is 0.249. The van der Waals surface area contributed by atoms with Crippen LogP contribution in [-0.4, -0.2) is 24.1 Å². The molecule has 0 spiro atoms. The van der Waals surface area contributed by atoms with Crippen LogP contribution in [0, 0.1) is 10.1 Å². The average Bonchev–Trinajstić information content (AvgIpc) is 2.36. The number of nitrogens with zero attached hydrogens (tertiary/aromatic N) is 1. The molecule has 0 aromatic heterocycles. The normalized spacial score (nSPS) is 14.6. The predicted octanol–water partition coefficient (Wildman–Crippen LogP) is 1.99. The molecule has 1 aliphatic rings. The fraction of sp³-hybridized carbons (Fsp3) is 0.417. The van der Waals surface area contributed by atoms with Crippen LogP contribution in [0.25, 0.3) is 0 Å². The maximum absolute atomic E-state index is 11.1. The number of nitro benzene ring substituents is 1. The Balaban J connectivity index is 2.45. The molecular formula is C12H13NO6. The second-order valence-electron chi connectivity index (χ2n) is 4.06. The van der Waals surface area contributed by atoms with Crippen molar-refractivity contribution in [1.29, 1.82) is 0 Å². The van der Waals surface area contributed by atoms with E-state index in [0.717, 1.165) is 0 Å². The first-order valence-electron chi connectivity index (χ1n) is 5.74. The van der Waals surface area contributed by atoms with E-state index in [9.17, 15) is 14.9 Å². The van der Waals surface area contributed by atoms with Gasteiger partial charge in [0.1, 0.15) is 19.3 Å². The fourth-order valence-corrected chi connectivity index (χ4v) is 1.89. The standard InChI is InChI=1S/C12H13NO6/c1-7(19-8(2)14)9-5-11-12(18-4-3-17-11)6-10(9)13(15)16/h5-7H,3-4H2,1-2H3/t7-/m1/s1. The van der Waals surface area contributed by atoms with E-state index in [1.165, 1.54) is 19.1 Å². The zero-order valence-corrected chi connectivity index (χ0v) is 10.5. The zero-order chi connectivity index (χ0) is 14.0. The van der Waals surface area contributed by atoms with Gasteiger partial charge >= 0.3 is 5.97 Å². The minimum atomic E-state index is -0.728. The van der Waals surface area contributed by atoms with Crippen LogP contribution in [-0.2, 0) is 9.53 Å². The highest BCUT2D eigenvalue weighted by Gasteiger charge is 2.26. The maximum atomic E-state index is 11.1. The molecule has 1 aliphatic heterocycles. The minimum absolute atomic E-state index is 0.155. The van der Waals surface area contributed by atoms with E-state index in [2.05, 4.69) is 0 Å². The summed E-state index contributed by atoms with van der Waals surface area (Å²) in [6, 6.07) is 2.78. The van der Waals surface area contributed by atoms with Crippen LogP contribution >= 0.6 is 0 Å². The molecule has 102 valence electrons. The highest BCUT2D eigenvalue weighted by molar-refractivity contribution is 5.67. The number of ether oxygens (including phenoxy) is 3. The van der Waals surface area contributed by atoms with Crippen LogP contribution < -0.4 is 9.47 Å². The van der Waals surface area contributed by atoms with Crippen molar-refractivity contribution >= 4 is 11.7 Å². The zero-order valence-electron chi connectivity index (χ0n) is 10.5. The summed E-state index contributed by atoms with van der Waals surface area (Å²) in [7, 11) is 0. The summed E-state index contributed by atoms with van der Waals surface area (Å²) < 4.78 is 15.6. The van der Waals surface area contributed by atoms with Gasteiger partial charge in [-0.15, -0.1) is 0 Å². The first kappa shape index (κ1) is 13.1. The van der Waals surface area contributed by atoms with Gasteiger partial charge in [-0.3, -0.25) is 14.9 Å². The molecule has 0 unspecified atom stereocenters. The smallest absolute Gasteiger partial charge is 0.303 e. The van der Waals surface area contributed by atoms with Gasteiger partial charge in [0, 0.05) is 6.92 Å². The molecule has 7 heteroatoms. The highest BCUT2D eigenvalue weighted by Crippen LogP contribution is 2.39. The van der Waals surface area contributed by atoms with Crippen LogP contribution in [0.15, 0.2) is 12.1 Å². The molecule has 0 aliphatic carbocycles. The van der Waals surface area contributed by atoms with E-state index in [1.807, 2.05) is 0 Å². The summed E-state index contributed by atoms with van der Waals surface area (Å²) in [4.78, 5) is 21.5. The number of esters is 1. The van der Waals surface area contributed by atoms with E-state index in [0.29, 0.717) is 24.7 Å². The molecule has 1 atom stereocenters. The molecule has 19 heavy (non-hydrogen) atoms. The van der Waals surface area contributed by atoms with Gasteiger partial charge in [-0.25, -0.2) is 0 Å². The number of hydrogen-bond acceptors (Lipinski definition) is 6. The van der Waals surface area contributed by atoms with Gasteiger partial charge in [-0.2, -0.15) is 0 Å². The van der Waals surface area contributed by atoms with Gasteiger partial charge < -0.3 is 14.2 Å². The van der Waals surface area contributed by atoms with Crippen molar-refractivity contribution in [1.82, 2.24) is 0 Å². The number of nitro groups is 1. The number of hydrogen-bond donors (Lipinski definition) is 0. The molecule has 0 fully saturated rings. The van der Waals surface area contributed by atoms with Crippen molar-refractivity contribution in [3.05, 3.63) is 27.8 Å². The molecule has 0 radical (unpaired) electrons. The van der Waals surface area contributed by atoms with Crippen molar-refractivity contribution in [2.24, 2.45) is 0 Å². The molecule has 0 saturated carbocycles. The molecule has 1 heterocycles. The van der Waals surface area contributed by atoms with Crippen LogP contribution in [0.5, 0.6) is 11.5 Å². The van der Waals surface area contributed by atoms with Crippen LogP contribution in [0.3, 0.4) is 0 Å². The van der Waals surface area contributed by atoms with Crippen molar-refractivity contribution in [3.63, 3.8) is 0 Å². The Hall–Kier alpha value is -2.31. The Morgan fingerprint density at radius 1 is 1.37 bits per heavy atom. The Morgan fingerprint density at radius 2 is 1.95 bits per heavy atom. The monoisotopic (exact) mass is 267 g/mol. The maximum Gasteiger partial charge on any atom is 0.303 e. The average molecular weight is 267 g/mol. The Labute approximate surface area is 109 Å². The number of rotatable bonds is 3. The molecule has 7 nitrogen and oxygen atoms in total. The molecule has 0 bridgehead atoms. The minimum Gasteiger partial charge on any atom is -0.486 e. The van der Waals surface area contributed by atoms with Crippen LogP contribution in [0.1, 0.15) is 25.5 Å². The molecule has 0 N–H and O–H groups in total. The topological polar surface area (TPSA) is 87.9 Å². The lowest BCUT2D eigenvalue weighted by atomic mass is 10.1. The quantitative estimate of drug-likeness (QED) is 0.472. The molecule has 0 saturated heterocycles. The lowest BCUT2D eigenvalue weighted by Gasteiger charge is -2.20. The van der Waals surface area contributed by atoms with Gasteiger partial charge in [0.2, 0.25) is 0 Å². The van der Waals surface area contributed by atoms with Gasteiger partial charge in [0.25, 0.3) is 5.69 Å². The third-order valence-electron chi connectivity index (χ3n) is 2.67. The lowest BCUT2D eigenvalue weighted by Crippen LogP contribution is -2.16. The third kappa shape index (κ3) is 2.75. The molecule has 1 aromatic rings. The van der Waals surface area contributed by atoms with Crippen molar-refractivity contribution in [2.45, 2.75) is 20.0 Å². The molecule has 2 rings (SSSR count). The third-order valence-corrected chi connectivity index (χ3v) is 2.67. The van der Waals surface area contributed by atoms with E-state index in [4.69, 9.17) is 14.2 Å². The number of carbonyl (C=O) groups is 1. The summed E-state index contributed by atoms with van der Waals surface area (Å²) in [6.07, 6.45) is -0.728. The molecule has 1 aromatic carbocycles. The largest absolute Gasteiger partial charge is 0.486 e. The highest BCUT2D eigenvalue weighted by atomic mass is 16.6. The second-order valence-corrected chi connectivity index (χ2v) is 4.06. The van der Waals surface area contributed by atoms with E-state index >= 15 is 0 Å².